The van der Waals surface area contributed by atoms with Crippen LogP contribution in [0.4, 0.5) is 0 Å². The van der Waals surface area contributed by atoms with Crippen molar-refractivity contribution < 1.29 is 14.7 Å². The van der Waals surface area contributed by atoms with Crippen LogP contribution in [0.5, 0.6) is 0 Å². The smallest absolute Gasteiger partial charge is 0.327 e. The summed E-state index contributed by atoms with van der Waals surface area (Å²) in [4.78, 5) is 25.5. The van der Waals surface area contributed by atoms with E-state index < -0.39 is 12.0 Å². The van der Waals surface area contributed by atoms with E-state index >= 15 is 0 Å². The largest absolute Gasteiger partial charge is 0.480 e. The minimum absolute atomic E-state index is 0.0786. The molecular weight excluding hydrogens is 258 g/mol. The van der Waals surface area contributed by atoms with Crippen molar-refractivity contribution in [2.45, 2.75) is 25.3 Å². The molecule has 17 heavy (non-hydrogen) atoms. The maximum absolute atomic E-state index is 12.3. The molecule has 0 spiro atoms. The molecule has 0 radical (unpaired) electrons. The molecule has 2 rings (SSSR count). The Morgan fingerprint density at radius 3 is 2.76 bits per heavy atom. The molecule has 1 aromatic rings. The van der Waals surface area contributed by atoms with Gasteiger partial charge in [0, 0.05) is 5.75 Å². The second-order valence-electron chi connectivity index (χ2n) is 3.93. The fourth-order valence-corrected chi connectivity index (χ4v) is 3.89. The molecule has 1 aliphatic heterocycles. The molecule has 1 aliphatic rings. The maximum Gasteiger partial charge on any atom is 0.327 e. The van der Waals surface area contributed by atoms with Gasteiger partial charge in [0.15, 0.2) is 0 Å². The highest BCUT2D eigenvalue weighted by atomic mass is 32.2. The topological polar surface area (TPSA) is 57.6 Å². The van der Waals surface area contributed by atoms with Crippen LogP contribution in [-0.2, 0) is 4.79 Å². The lowest BCUT2D eigenvalue weighted by Gasteiger charge is -2.24. The standard InChI is InChI=1S/C11H13NO3S2/c1-6-3-4-16-9(6)10(13)12-7(2)17-5-8(12)11(14)15/h3-4,7-8H,5H2,1-2H3,(H,14,15). The number of thioether (sulfide) groups is 1. The van der Waals surface area contributed by atoms with Gasteiger partial charge in [0.2, 0.25) is 0 Å². The van der Waals surface area contributed by atoms with Crippen molar-refractivity contribution in [3.8, 4) is 0 Å². The lowest BCUT2D eigenvalue weighted by molar-refractivity contribution is -0.141. The van der Waals surface area contributed by atoms with Crippen molar-refractivity contribution in [1.82, 2.24) is 4.90 Å². The molecule has 92 valence electrons. The number of amides is 1. The number of carbonyl (C=O) groups is 2. The van der Waals surface area contributed by atoms with Crippen LogP contribution in [0.1, 0.15) is 22.2 Å². The number of hydrogen-bond donors (Lipinski definition) is 1. The minimum Gasteiger partial charge on any atom is -0.480 e. The van der Waals surface area contributed by atoms with Crippen LogP contribution in [0.15, 0.2) is 11.4 Å². The van der Waals surface area contributed by atoms with Crippen molar-refractivity contribution in [3.63, 3.8) is 0 Å². The fourth-order valence-electron chi connectivity index (χ4n) is 1.85. The number of carbonyl (C=O) groups excluding carboxylic acids is 1. The van der Waals surface area contributed by atoms with Gasteiger partial charge in [-0.25, -0.2) is 4.79 Å². The fraction of sp³-hybridized carbons (Fsp3) is 0.455. The molecule has 1 saturated heterocycles. The van der Waals surface area contributed by atoms with Crippen LogP contribution >= 0.6 is 23.1 Å². The van der Waals surface area contributed by atoms with Gasteiger partial charge in [0.25, 0.3) is 5.91 Å². The van der Waals surface area contributed by atoms with E-state index in [1.54, 1.807) is 0 Å². The van der Waals surface area contributed by atoms with Crippen LogP contribution in [0.3, 0.4) is 0 Å². The number of carboxylic acids is 1. The third-order valence-electron chi connectivity index (χ3n) is 2.80. The second kappa shape index (κ2) is 4.70. The van der Waals surface area contributed by atoms with Crippen LogP contribution in [0.2, 0.25) is 0 Å². The highest BCUT2D eigenvalue weighted by molar-refractivity contribution is 8.00. The van der Waals surface area contributed by atoms with Gasteiger partial charge in [-0.2, -0.15) is 0 Å². The summed E-state index contributed by atoms with van der Waals surface area (Å²) in [5, 5.41) is 10.9. The van der Waals surface area contributed by atoms with Crippen molar-refractivity contribution in [3.05, 3.63) is 21.9 Å². The first-order chi connectivity index (χ1) is 8.02. The first-order valence-electron chi connectivity index (χ1n) is 5.23. The van der Waals surface area contributed by atoms with Crippen LogP contribution in [0.25, 0.3) is 0 Å². The molecule has 1 aromatic heterocycles. The Morgan fingerprint density at radius 1 is 1.53 bits per heavy atom. The summed E-state index contributed by atoms with van der Waals surface area (Å²) in [5.74, 6) is -0.626. The van der Waals surface area contributed by atoms with Gasteiger partial charge in [-0.15, -0.1) is 23.1 Å². The van der Waals surface area contributed by atoms with E-state index in [0.29, 0.717) is 10.6 Å². The average Bonchev–Trinajstić information content (AvgIpc) is 2.83. The Bertz CT molecular complexity index is 457. The molecule has 0 aliphatic carbocycles. The summed E-state index contributed by atoms with van der Waals surface area (Å²) < 4.78 is 0. The van der Waals surface area contributed by atoms with E-state index in [1.807, 2.05) is 25.3 Å². The Kier molecular flexibility index (Phi) is 3.44. The van der Waals surface area contributed by atoms with Gasteiger partial charge in [-0.3, -0.25) is 4.79 Å². The van der Waals surface area contributed by atoms with E-state index in [9.17, 15) is 9.59 Å². The van der Waals surface area contributed by atoms with Gasteiger partial charge < -0.3 is 10.0 Å². The molecule has 6 heteroatoms. The number of carboxylic acid groups (broad SMARTS) is 1. The summed E-state index contributed by atoms with van der Waals surface area (Å²) in [7, 11) is 0. The predicted molar refractivity (Wildman–Crippen MR) is 68.6 cm³/mol. The van der Waals surface area contributed by atoms with Crippen molar-refractivity contribution >= 4 is 35.0 Å². The molecule has 1 N–H and O–H groups in total. The number of nitrogens with zero attached hydrogens (tertiary/aromatic N) is 1. The van der Waals surface area contributed by atoms with Crippen molar-refractivity contribution in [2.24, 2.45) is 0 Å². The number of rotatable bonds is 2. The summed E-state index contributed by atoms with van der Waals surface area (Å²) in [6.45, 7) is 3.74. The van der Waals surface area contributed by atoms with E-state index in [-0.39, 0.29) is 11.3 Å². The molecule has 0 bridgehead atoms. The Morgan fingerprint density at radius 2 is 2.24 bits per heavy atom. The quantitative estimate of drug-likeness (QED) is 0.894. The summed E-state index contributed by atoms with van der Waals surface area (Å²) in [6.07, 6.45) is 0. The van der Waals surface area contributed by atoms with E-state index in [2.05, 4.69) is 0 Å². The summed E-state index contributed by atoms with van der Waals surface area (Å²) in [6, 6.07) is 1.17. The zero-order valence-electron chi connectivity index (χ0n) is 9.54. The lowest BCUT2D eigenvalue weighted by Crippen LogP contribution is -2.44. The first kappa shape index (κ1) is 12.4. The molecular formula is C11H13NO3S2. The maximum atomic E-state index is 12.3. The number of hydrogen-bond acceptors (Lipinski definition) is 4. The number of aryl methyl sites for hydroxylation is 1. The highest BCUT2D eigenvalue weighted by Crippen LogP contribution is 2.31. The molecule has 0 aromatic carbocycles. The predicted octanol–water partition coefficient (Wildman–Crippen LogP) is 2.04. The SMILES string of the molecule is Cc1ccsc1C(=O)N1C(C)SCC1C(=O)O. The molecule has 2 unspecified atom stereocenters. The summed E-state index contributed by atoms with van der Waals surface area (Å²) in [5.41, 5.74) is 0.910. The lowest BCUT2D eigenvalue weighted by atomic mass is 10.2. The van der Waals surface area contributed by atoms with Crippen molar-refractivity contribution in [1.29, 1.82) is 0 Å². The van der Waals surface area contributed by atoms with Crippen LogP contribution < -0.4 is 0 Å². The Hall–Kier alpha value is -1.01. The van der Waals surface area contributed by atoms with Crippen molar-refractivity contribution in [2.75, 3.05) is 5.75 Å². The zero-order valence-corrected chi connectivity index (χ0v) is 11.2. The third-order valence-corrected chi connectivity index (χ3v) is 5.02. The molecule has 1 amide bonds. The third kappa shape index (κ3) is 2.19. The number of aliphatic carboxylic acids is 1. The van der Waals surface area contributed by atoms with Gasteiger partial charge in [-0.05, 0) is 30.9 Å². The molecule has 1 fully saturated rings. The Labute approximate surface area is 108 Å². The minimum atomic E-state index is -0.926. The summed E-state index contributed by atoms with van der Waals surface area (Å²) >= 11 is 2.87. The molecule has 2 atom stereocenters. The van der Waals surface area contributed by atoms with Gasteiger partial charge in [0.05, 0.1) is 10.3 Å². The van der Waals surface area contributed by atoms with Gasteiger partial charge in [-0.1, -0.05) is 0 Å². The van der Waals surface area contributed by atoms with Crippen LogP contribution in [0, 0.1) is 6.92 Å². The molecule has 2 heterocycles. The van der Waals surface area contributed by atoms with E-state index in [1.165, 1.54) is 28.0 Å². The zero-order chi connectivity index (χ0) is 12.6. The normalized spacial score (nSPS) is 24.0. The van der Waals surface area contributed by atoms with E-state index in [4.69, 9.17) is 5.11 Å². The van der Waals surface area contributed by atoms with E-state index in [0.717, 1.165) is 5.56 Å². The van der Waals surface area contributed by atoms with Gasteiger partial charge in [0.1, 0.15) is 6.04 Å². The number of thiophene rings is 1. The monoisotopic (exact) mass is 271 g/mol. The molecule has 0 saturated carbocycles. The highest BCUT2D eigenvalue weighted by Gasteiger charge is 2.40. The van der Waals surface area contributed by atoms with Gasteiger partial charge >= 0.3 is 5.97 Å². The second-order valence-corrected chi connectivity index (χ2v) is 6.20. The molecule has 4 nitrogen and oxygen atoms in total. The Balaban J connectivity index is 2.29. The average molecular weight is 271 g/mol. The van der Waals surface area contributed by atoms with Crippen LogP contribution in [-0.4, -0.2) is 39.1 Å². The first-order valence-corrected chi connectivity index (χ1v) is 7.16.